The van der Waals surface area contributed by atoms with Gasteiger partial charge in [-0.1, -0.05) is 43.9 Å². The fourth-order valence-electron chi connectivity index (χ4n) is 1.80. The highest BCUT2D eigenvalue weighted by molar-refractivity contribution is 5.69. The molecule has 0 aromatic heterocycles. The van der Waals surface area contributed by atoms with E-state index in [-0.39, 0.29) is 5.97 Å². The lowest BCUT2D eigenvalue weighted by atomic mass is 10.1. The van der Waals surface area contributed by atoms with Gasteiger partial charge in [0.2, 0.25) is 0 Å². The molecular formula is C16H28O2. The number of hydrogen-bond acceptors (Lipinski definition) is 2. The minimum absolute atomic E-state index is 0.126. The van der Waals surface area contributed by atoms with E-state index in [9.17, 15) is 4.79 Å². The molecular weight excluding hydrogens is 224 g/mol. The Balaban J connectivity index is 3.12. The van der Waals surface area contributed by atoms with Crippen LogP contribution in [0.4, 0.5) is 0 Å². The second-order valence-electron chi connectivity index (χ2n) is 4.57. The maximum atomic E-state index is 10.8. The van der Waals surface area contributed by atoms with Gasteiger partial charge in [-0.05, 0) is 32.1 Å². The highest BCUT2D eigenvalue weighted by Crippen LogP contribution is 2.09. The van der Waals surface area contributed by atoms with Crippen molar-refractivity contribution in [3.63, 3.8) is 0 Å². The lowest BCUT2D eigenvalue weighted by Gasteiger charge is -1.99. The average Bonchev–Trinajstić information content (AvgIpc) is 2.39. The number of hydrogen-bond donors (Lipinski definition) is 0. The molecule has 0 rings (SSSR count). The van der Waals surface area contributed by atoms with E-state index >= 15 is 0 Å². The zero-order valence-corrected chi connectivity index (χ0v) is 11.8. The van der Waals surface area contributed by atoms with E-state index in [4.69, 9.17) is 0 Å². The molecule has 0 unspecified atom stereocenters. The molecule has 0 aromatic carbocycles. The van der Waals surface area contributed by atoms with Crippen LogP contribution in [0.5, 0.6) is 0 Å². The fraction of sp³-hybridized carbons (Fsp3) is 0.688. The summed E-state index contributed by atoms with van der Waals surface area (Å²) in [5.74, 6) is -0.126. The molecule has 0 saturated heterocycles. The van der Waals surface area contributed by atoms with E-state index in [0.29, 0.717) is 6.42 Å². The maximum Gasteiger partial charge on any atom is 0.305 e. The van der Waals surface area contributed by atoms with Gasteiger partial charge in [0.05, 0.1) is 7.11 Å². The van der Waals surface area contributed by atoms with Gasteiger partial charge < -0.3 is 4.74 Å². The van der Waals surface area contributed by atoms with Gasteiger partial charge >= 0.3 is 5.97 Å². The van der Waals surface area contributed by atoms with Gasteiger partial charge in [0.1, 0.15) is 0 Å². The van der Waals surface area contributed by atoms with Crippen molar-refractivity contribution in [3.8, 4) is 0 Å². The molecule has 0 spiro atoms. The lowest BCUT2D eigenvalue weighted by Crippen LogP contribution is -1.97. The van der Waals surface area contributed by atoms with Gasteiger partial charge in [-0.15, -0.1) is 6.58 Å². The predicted molar refractivity (Wildman–Crippen MR) is 77.5 cm³/mol. The van der Waals surface area contributed by atoms with E-state index in [1.165, 1.54) is 45.6 Å². The number of methoxy groups -OCH3 is 1. The lowest BCUT2D eigenvalue weighted by molar-refractivity contribution is -0.140. The molecule has 2 heteroatoms. The standard InChI is InChI=1S/C16H28O2/c1-3-4-5-6-7-8-9-10-11-12-13-14-15-16(17)18-2/h3,12-13H,1,4-11,14-15H2,2H3. The van der Waals surface area contributed by atoms with Crippen LogP contribution in [-0.2, 0) is 9.53 Å². The van der Waals surface area contributed by atoms with Crippen molar-refractivity contribution in [2.45, 2.75) is 64.2 Å². The molecule has 0 aliphatic carbocycles. The number of carbonyl (C=O) groups is 1. The Labute approximate surface area is 112 Å². The molecule has 0 aliphatic heterocycles. The molecule has 0 fully saturated rings. The first-order chi connectivity index (χ1) is 8.81. The summed E-state index contributed by atoms with van der Waals surface area (Å²) in [5.41, 5.74) is 0. The van der Waals surface area contributed by atoms with Crippen LogP contribution < -0.4 is 0 Å². The topological polar surface area (TPSA) is 26.3 Å². The molecule has 0 saturated carbocycles. The second kappa shape index (κ2) is 14.0. The highest BCUT2D eigenvalue weighted by Gasteiger charge is 1.95. The van der Waals surface area contributed by atoms with Crippen LogP contribution in [0.1, 0.15) is 64.2 Å². The predicted octanol–water partition coefficient (Wildman–Crippen LogP) is 4.80. The summed E-state index contributed by atoms with van der Waals surface area (Å²) >= 11 is 0. The summed E-state index contributed by atoms with van der Waals surface area (Å²) < 4.78 is 4.57. The number of allylic oxidation sites excluding steroid dienone is 3. The Morgan fingerprint density at radius 3 is 2.11 bits per heavy atom. The first-order valence-electron chi connectivity index (χ1n) is 7.14. The summed E-state index contributed by atoms with van der Waals surface area (Å²) in [6.07, 6.45) is 17.7. The fourth-order valence-corrected chi connectivity index (χ4v) is 1.80. The van der Waals surface area contributed by atoms with Gasteiger partial charge in [0.15, 0.2) is 0 Å². The molecule has 18 heavy (non-hydrogen) atoms. The van der Waals surface area contributed by atoms with Gasteiger partial charge in [-0.3, -0.25) is 4.79 Å². The van der Waals surface area contributed by atoms with E-state index in [0.717, 1.165) is 19.3 Å². The Bertz CT molecular complexity index is 231. The van der Waals surface area contributed by atoms with Crippen LogP contribution >= 0.6 is 0 Å². The maximum absolute atomic E-state index is 10.8. The van der Waals surface area contributed by atoms with Crippen LogP contribution in [0.3, 0.4) is 0 Å². The molecule has 0 aromatic rings. The zero-order valence-electron chi connectivity index (χ0n) is 11.8. The largest absolute Gasteiger partial charge is 0.469 e. The quantitative estimate of drug-likeness (QED) is 0.283. The summed E-state index contributed by atoms with van der Waals surface area (Å²) in [6.45, 7) is 3.72. The summed E-state index contributed by atoms with van der Waals surface area (Å²) in [4.78, 5) is 10.8. The van der Waals surface area contributed by atoms with Crippen molar-refractivity contribution in [1.29, 1.82) is 0 Å². The van der Waals surface area contributed by atoms with Gasteiger partial charge in [-0.25, -0.2) is 0 Å². The number of rotatable bonds is 12. The third-order valence-electron chi connectivity index (χ3n) is 2.94. The van der Waals surface area contributed by atoms with Crippen molar-refractivity contribution in [3.05, 3.63) is 24.8 Å². The Morgan fingerprint density at radius 2 is 1.50 bits per heavy atom. The molecule has 0 N–H and O–H groups in total. The first kappa shape index (κ1) is 16.9. The molecule has 0 aliphatic rings. The SMILES string of the molecule is C=CCCCCCCCCC=CCCC(=O)OC. The normalized spacial score (nSPS) is 10.7. The third-order valence-corrected chi connectivity index (χ3v) is 2.94. The van der Waals surface area contributed by atoms with E-state index in [1.54, 1.807) is 0 Å². The van der Waals surface area contributed by atoms with Crippen LogP contribution in [0.15, 0.2) is 24.8 Å². The molecule has 0 radical (unpaired) electrons. The van der Waals surface area contributed by atoms with E-state index < -0.39 is 0 Å². The third kappa shape index (κ3) is 13.0. The number of carbonyl (C=O) groups excluding carboxylic acids is 1. The van der Waals surface area contributed by atoms with Crippen molar-refractivity contribution in [2.75, 3.05) is 7.11 Å². The molecule has 0 atom stereocenters. The van der Waals surface area contributed by atoms with Crippen LogP contribution in [0, 0.1) is 0 Å². The second-order valence-corrected chi connectivity index (χ2v) is 4.57. The van der Waals surface area contributed by atoms with Crippen molar-refractivity contribution >= 4 is 5.97 Å². The smallest absolute Gasteiger partial charge is 0.305 e. The van der Waals surface area contributed by atoms with Gasteiger partial charge in [-0.2, -0.15) is 0 Å². The van der Waals surface area contributed by atoms with E-state index in [2.05, 4.69) is 23.5 Å². The van der Waals surface area contributed by atoms with Crippen LogP contribution in [0.25, 0.3) is 0 Å². The van der Waals surface area contributed by atoms with Crippen LogP contribution in [-0.4, -0.2) is 13.1 Å². The summed E-state index contributed by atoms with van der Waals surface area (Å²) in [7, 11) is 1.43. The average molecular weight is 252 g/mol. The molecule has 104 valence electrons. The van der Waals surface area contributed by atoms with Crippen molar-refractivity contribution < 1.29 is 9.53 Å². The van der Waals surface area contributed by atoms with Gasteiger partial charge in [0, 0.05) is 6.42 Å². The Hall–Kier alpha value is -1.05. The Kier molecular flexibility index (Phi) is 13.2. The van der Waals surface area contributed by atoms with E-state index in [1.807, 2.05) is 6.08 Å². The number of unbranched alkanes of at least 4 members (excludes halogenated alkanes) is 7. The molecule has 0 heterocycles. The minimum Gasteiger partial charge on any atom is -0.469 e. The monoisotopic (exact) mass is 252 g/mol. The van der Waals surface area contributed by atoms with Gasteiger partial charge in [0.25, 0.3) is 0 Å². The summed E-state index contributed by atoms with van der Waals surface area (Å²) in [6, 6.07) is 0. The Morgan fingerprint density at radius 1 is 0.944 bits per heavy atom. The molecule has 0 amide bonds. The highest BCUT2D eigenvalue weighted by atomic mass is 16.5. The number of ether oxygens (including phenoxy) is 1. The molecule has 2 nitrogen and oxygen atoms in total. The number of esters is 1. The first-order valence-corrected chi connectivity index (χ1v) is 7.14. The zero-order chi connectivity index (χ0) is 13.5. The molecule has 0 bridgehead atoms. The van der Waals surface area contributed by atoms with Crippen molar-refractivity contribution in [1.82, 2.24) is 0 Å². The van der Waals surface area contributed by atoms with Crippen molar-refractivity contribution in [2.24, 2.45) is 0 Å². The minimum atomic E-state index is -0.126. The van der Waals surface area contributed by atoms with Crippen LogP contribution in [0.2, 0.25) is 0 Å². The summed E-state index contributed by atoms with van der Waals surface area (Å²) in [5, 5.41) is 0.